The molecule has 0 aliphatic carbocycles. The van der Waals surface area contributed by atoms with E-state index in [-0.39, 0.29) is 5.41 Å². The van der Waals surface area contributed by atoms with Crippen molar-refractivity contribution >= 4 is 16.8 Å². The predicted molar refractivity (Wildman–Crippen MR) is 68.2 cm³/mol. The third-order valence-electron chi connectivity index (χ3n) is 2.74. The Kier molecular flexibility index (Phi) is 2.93. The molecular weight excluding hydrogens is 218 g/mol. The summed E-state index contributed by atoms with van der Waals surface area (Å²) in [6.07, 6.45) is 0. The Morgan fingerprint density at radius 1 is 1.47 bits per heavy atom. The lowest BCUT2D eigenvalue weighted by Crippen LogP contribution is -2.31. The van der Waals surface area contributed by atoms with Crippen molar-refractivity contribution in [2.45, 2.75) is 13.8 Å². The maximum absolute atomic E-state index is 11.0. The molecule has 0 unspecified atom stereocenters. The highest BCUT2D eigenvalue weighted by Gasteiger charge is 2.14. The fraction of sp³-hybridized carbons (Fsp3) is 0.417. The van der Waals surface area contributed by atoms with Crippen molar-refractivity contribution in [3.05, 3.63) is 28.7 Å². The van der Waals surface area contributed by atoms with Crippen molar-refractivity contribution in [2.75, 3.05) is 18.4 Å². The van der Waals surface area contributed by atoms with E-state index >= 15 is 0 Å². The van der Waals surface area contributed by atoms with Gasteiger partial charge in [-0.1, -0.05) is 13.8 Å². The highest BCUT2D eigenvalue weighted by molar-refractivity contribution is 5.76. The summed E-state index contributed by atoms with van der Waals surface area (Å²) in [4.78, 5) is 13.6. The van der Waals surface area contributed by atoms with E-state index in [2.05, 4.69) is 24.1 Å². The molecule has 0 saturated heterocycles. The van der Waals surface area contributed by atoms with Gasteiger partial charge >= 0.3 is 5.76 Å². The summed E-state index contributed by atoms with van der Waals surface area (Å²) in [5.74, 6) is -0.431. The monoisotopic (exact) mass is 235 g/mol. The first-order valence-electron chi connectivity index (χ1n) is 5.57. The number of hydrogen-bond donors (Lipinski definition) is 3. The molecular formula is C12H17N3O2. The zero-order valence-corrected chi connectivity index (χ0v) is 10.0. The maximum atomic E-state index is 11.0. The second kappa shape index (κ2) is 4.25. The van der Waals surface area contributed by atoms with Crippen LogP contribution >= 0.6 is 0 Å². The molecule has 1 aromatic heterocycles. The Morgan fingerprint density at radius 2 is 2.24 bits per heavy atom. The second-order valence-electron chi connectivity index (χ2n) is 4.95. The maximum Gasteiger partial charge on any atom is 0.417 e. The molecule has 5 nitrogen and oxygen atoms in total. The van der Waals surface area contributed by atoms with Crippen LogP contribution in [0.4, 0.5) is 5.69 Å². The van der Waals surface area contributed by atoms with Crippen molar-refractivity contribution in [1.29, 1.82) is 0 Å². The highest BCUT2D eigenvalue weighted by Crippen LogP contribution is 2.18. The van der Waals surface area contributed by atoms with E-state index in [0.717, 1.165) is 12.2 Å². The van der Waals surface area contributed by atoms with Crippen molar-refractivity contribution in [1.82, 2.24) is 4.98 Å². The molecule has 5 heteroatoms. The van der Waals surface area contributed by atoms with Gasteiger partial charge in [0.1, 0.15) is 0 Å². The Balaban J connectivity index is 2.17. The fourth-order valence-electron chi connectivity index (χ4n) is 1.48. The molecule has 0 saturated carbocycles. The van der Waals surface area contributed by atoms with Crippen LogP contribution in [0.2, 0.25) is 0 Å². The number of rotatable bonds is 4. The first-order valence-corrected chi connectivity index (χ1v) is 5.57. The zero-order valence-electron chi connectivity index (χ0n) is 10.0. The van der Waals surface area contributed by atoms with Crippen LogP contribution in [-0.2, 0) is 0 Å². The highest BCUT2D eigenvalue weighted by atomic mass is 16.4. The van der Waals surface area contributed by atoms with Crippen LogP contribution in [0.25, 0.3) is 11.1 Å². The van der Waals surface area contributed by atoms with Crippen molar-refractivity contribution in [3.8, 4) is 0 Å². The third kappa shape index (κ3) is 2.68. The van der Waals surface area contributed by atoms with Gasteiger partial charge in [-0.25, -0.2) is 4.79 Å². The van der Waals surface area contributed by atoms with Gasteiger partial charge in [0.15, 0.2) is 5.58 Å². The largest absolute Gasteiger partial charge is 0.417 e. The van der Waals surface area contributed by atoms with Crippen LogP contribution in [0.3, 0.4) is 0 Å². The summed E-state index contributed by atoms with van der Waals surface area (Å²) in [6, 6.07) is 5.50. The van der Waals surface area contributed by atoms with E-state index in [1.54, 1.807) is 6.07 Å². The molecule has 1 heterocycles. The summed E-state index contributed by atoms with van der Waals surface area (Å²) >= 11 is 0. The van der Waals surface area contributed by atoms with Gasteiger partial charge in [-0.3, -0.25) is 4.98 Å². The predicted octanol–water partition coefficient (Wildman–Crippen LogP) is 1.52. The number of benzene rings is 1. The van der Waals surface area contributed by atoms with E-state index in [4.69, 9.17) is 10.2 Å². The number of anilines is 1. The van der Waals surface area contributed by atoms with Crippen LogP contribution in [0.15, 0.2) is 27.4 Å². The summed E-state index contributed by atoms with van der Waals surface area (Å²) in [5, 5.41) is 3.29. The Morgan fingerprint density at radius 3 is 2.94 bits per heavy atom. The molecule has 2 rings (SSSR count). The summed E-state index contributed by atoms with van der Waals surface area (Å²) < 4.78 is 4.93. The number of hydrogen-bond acceptors (Lipinski definition) is 4. The average molecular weight is 235 g/mol. The molecule has 2 aromatic rings. The van der Waals surface area contributed by atoms with Crippen molar-refractivity contribution < 1.29 is 4.42 Å². The Bertz CT molecular complexity index is 568. The minimum Gasteiger partial charge on any atom is -0.408 e. The molecule has 17 heavy (non-hydrogen) atoms. The molecule has 0 radical (unpaired) electrons. The van der Waals surface area contributed by atoms with Gasteiger partial charge < -0.3 is 15.5 Å². The zero-order chi connectivity index (χ0) is 12.5. The lowest BCUT2D eigenvalue weighted by molar-refractivity contribution is 0.406. The summed E-state index contributed by atoms with van der Waals surface area (Å²) in [6.45, 7) is 5.58. The Hall–Kier alpha value is -1.75. The second-order valence-corrected chi connectivity index (χ2v) is 4.95. The van der Waals surface area contributed by atoms with E-state index in [1.807, 2.05) is 12.1 Å². The van der Waals surface area contributed by atoms with E-state index in [9.17, 15) is 4.79 Å². The van der Waals surface area contributed by atoms with Crippen LogP contribution in [0.5, 0.6) is 0 Å². The summed E-state index contributed by atoms with van der Waals surface area (Å²) in [7, 11) is 0. The minimum absolute atomic E-state index is 0.0404. The molecule has 0 atom stereocenters. The van der Waals surface area contributed by atoms with Gasteiger partial charge in [-0.15, -0.1) is 0 Å². The molecule has 0 fully saturated rings. The topological polar surface area (TPSA) is 84.0 Å². The number of oxazole rings is 1. The average Bonchev–Trinajstić information content (AvgIpc) is 2.66. The van der Waals surface area contributed by atoms with E-state index in [0.29, 0.717) is 17.6 Å². The number of nitrogens with two attached hydrogens (primary N) is 1. The lowest BCUT2D eigenvalue weighted by Gasteiger charge is -2.23. The van der Waals surface area contributed by atoms with Crippen LogP contribution in [0, 0.1) is 5.41 Å². The first kappa shape index (κ1) is 11.7. The standard InChI is InChI=1S/C12H17N3O2/c1-12(2,6-13)7-14-8-3-4-10-9(5-8)15-11(16)17-10/h3-5,14H,6-7,13H2,1-2H3,(H,15,16). The molecule has 0 spiro atoms. The van der Waals surface area contributed by atoms with Crippen LogP contribution in [0.1, 0.15) is 13.8 Å². The SMILES string of the molecule is CC(C)(CN)CNc1ccc2oc(=O)[nH]c2c1. The van der Waals surface area contributed by atoms with Crippen molar-refractivity contribution in [3.63, 3.8) is 0 Å². The lowest BCUT2D eigenvalue weighted by atomic mass is 9.94. The van der Waals surface area contributed by atoms with E-state index in [1.165, 1.54) is 0 Å². The summed E-state index contributed by atoms with van der Waals surface area (Å²) in [5.41, 5.74) is 7.91. The number of aromatic nitrogens is 1. The number of H-pyrrole nitrogens is 1. The minimum atomic E-state index is -0.431. The van der Waals surface area contributed by atoms with Crippen molar-refractivity contribution in [2.24, 2.45) is 11.1 Å². The van der Waals surface area contributed by atoms with Gasteiger partial charge in [0.2, 0.25) is 0 Å². The van der Waals surface area contributed by atoms with Gasteiger partial charge in [0.05, 0.1) is 5.52 Å². The van der Waals surface area contributed by atoms with Gasteiger partial charge in [0, 0.05) is 12.2 Å². The van der Waals surface area contributed by atoms with Crippen LogP contribution in [-0.4, -0.2) is 18.1 Å². The van der Waals surface area contributed by atoms with Gasteiger partial charge in [-0.05, 0) is 30.2 Å². The number of aromatic amines is 1. The third-order valence-corrected chi connectivity index (χ3v) is 2.74. The molecule has 0 aliphatic rings. The first-order chi connectivity index (χ1) is 8.00. The molecule has 0 bridgehead atoms. The van der Waals surface area contributed by atoms with Gasteiger partial charge in [0.25, 0.3) is 0 Å². The van der Waals surface area contributed by atoms with Gasteiger partial charge in [-0.2, -0.15) is 0 Å². The van der Waals surface area contributed by atoms with Crippen LogP contribution < -0.4 is 16.8 Å². The van der Waals surface area contributed by atoms with E-state index < -0.39 is 5.76 Å². The number of nitrogens with one attached hydrogen (secondary N) is 2. The molecule has 0 aliphatic heterocycles. The smallest absolute Gasteiger partial charge is 0.408 e. The molecule has 0 amide bonds. The fourth-order valence-corrected chi connectivity index (χ4v) is 1.48. The molecule has 92 valence electrons. The molecule has 4 N–H and O–H groups in total. The quantitative estimate of drug-likeness (QED) is 0.750. The molecule has 1 aromatic carbocycles. The number of fused-ring (bicyclic) bond motifs is 1. The Labute approximate surface area is 99.0 Å². The normalized spacial score (nSPS) is 11.9.